The molecule has 0 unspecified atom stereocenters. The Balaban J connectivity index is 1.91. The smallest absolute Gasteiger partial charge is 0.338 e. The van der Waals surface area contributed by atoms with E-state index in [2.05, 4.69) is 5.32 Å². The lowest BCUT2D eigenvalue weighted by atomic mass is 9.98. The Hall–Kier alpha value is -3.11. The molecule has 0 aliphatic heterocycles. The molecule has 0 aliphatic rings. The summed E-state index contributed by atoms with van der Waals surface area (Å²) in [5.41, 5.74) is 6.09. The maximum atomic E-state index is 13.1. The molecule has 0 bridgehead atoms. The Morgan fingerprint density at radius 3 is 2.20 bits per heavy atom. The Kier molecular flexibility index (Phi) is 6.58. The zero-order valence-corrected chi connectivity index (χ0v) is 18.3. The SMILES string of the molecule is CCOC(=O)c1cc(C)c(NC(=O)c2cc(-c3cccc(Cl)c3)ccc2C)c(C)c1. The number of amides is 1. The molecule has 0 heterocycles. The van der Waals surface area contributed by atoms with Gasteiger partial charge in [0.15, 0.2) is 0 Å². The molecule has 0 aliphatic carbocycles. The second kappa shape index (κ2) is 9.14. The van der Waals surface area contributed by atoms with Crippen molar-refractivity contribution in [3.05, 3.63) is 87.4 Å². The van der Waals surface area contributed by atoms with E-state index in [4.69, 9.17) is 16.3 Å². The predicted molar refractivity (Wildman–Crippen MR) is 121 cm³/mol. The van der Waals surface area contributed by atoms with E-state index >= 15 is 0 Å². The first-order valence-electron chi connectivity index (χ1n) is 9.76. The lowest BCUT2D eigenvalue weighted by Crippen LogP contribution is -2.16. The Morgan fingerprint density at radius 1 is 0.900 bits per heavy atom. The minimum Gasteiger partial charge on any atom is -0.462 e. The zero-order chi connectivity index (χ0) is 21.8. The minimum absolute atomic E-state index is 0.202. The van der Waals surface area contributed by atoms with Gasteiger partial charge < -0.3 is 10.1 Å². The average molecular weight is 422 g/mol. The Labute approximate surface area is 181 Å². The number of nitrogens with one attached hydrogen (secondary N) is 1. The normalized spacial score (nSPS) is 10.6. The third-order valence-electron chi connectivity index (χ3n) is 4.92. The van der Waals surface area contributed by atoms with E-state index in [1.165, 1.54) is 0 Å². The van der Waals surface area contributed by atoms with Gasteiger partial charge >= 0.3 is 5.97 Å². The predicted octanol–water partition coefficient (Wildman–Crippen LogP) is 6.36. The van der Waals surface area contributed by atoms with E-state index in [9.17, 15) is 9.59 Å². The molecule has 0 radical (unpaired) electrons. The van der Waals surface area contributed by atoms with Crippen molar-refractivity contribution in [1.82, 2.24) is 0 Å². The molecule has 3 aromatic rings. The van der Waals surface area contributed by atoms with Gasteiger partial charge in [0.05, 0.1) is 12.2 Å². The zero-order valence-electron chi connectivity index (χ0n) is 17.5. The van der Waals surface area contributed by atoms with Crippen molar-refractivity contribution in [3.8, 4) is 11.1 Å². The molecule has 0 fully saturated rings. The van der Waals surface area contributed by atoms with E-state index in [1.54, 1.807) is 19.1 Å². The molecule has 4 nitrogen and oxygen atoms in total. The first-order chi connectivity index (χ1) is 14.3. The van der Waals surface area contributed by atoms with Crippen molar-refractivity contribution in [2.45, 2.75) is 27.7 Å². The fourth-order valence-corrected chi connectivity index (χ4v) is 3.58. The van der Waals surface area contributed by atoms with Crippen LogP contribution in [0.1, 0.15) is 44.3 Å². The second-order valence-corrected chi connectivity index (χ2v) is 7.64. The molecule has 0 spiro atoms. The number of hydrogen-bond acceptors (Lipinski definition) is 3. The van der Waals surface area contributed by atoms with Crippen molar-refractivity contribution in [3.63, 3.8) is 0 Å². The first-order valence-corrected chi connectivity index (χ1v) is 10.1. The molecule has 30 heavy (non-hydrogen) atoms. The highest BCUT2D eigenvalue weighted by molar-refractivity contribution is 6.30. The Morgan fingerprint density at radius 2 is 1.57 bits per heavy atom. The summed E-state index contributed by atoms with van der Waals surface area (Å²) in [5.74, 6) is -0.571. The summed E-state index contributed by atoms with van der Waals surface area (Å²) in [5, 5.41) is 3.65. The molecule has 0 saturated heterocycles. The molecule has 1 amide bonds. The van der Waals surface area contributed by atoms with Crippen molar-refractivity contribution in [2.24, 2.45) is 0 Å². The lowest BCUT2D eigenvalue weighted by Gasteiger charge is -2.15. The van der Waals surface area contributed by atoms with E-state index < -0.39 is 0 Å². The number of rotatable bonds is 5. The van der Waals surface area contributed by atoms with Gasteiger partial charge in [-0.05, 0) is 85.8 Å². The van der Waals surface area contributed by atoms with Crippen LogP contribution in [0.25, 0.3) is 11.1 Å². The number of ether oxygens (including phenoxy) is 1. The van der Waals surface area contributed by atoms with E-state index in [0.717, 1.165) is 27.8 Å². The van der Waals surface area contributed by atoms with Gasteiger partial charge in [-0.25, -0.2) is 4.79 Å². The number of anilines is 1. The molecule has 5 heteroatoms. The van der Waals surface area contributed by atoms with Crippen LogP contribution in [-0.4, -0.2) is 18.5 Å². The largest absolute Gasteiger partial charge is 0.462 e. The number of esters is 1. The van der Waals surface area contributed by atoms with Crippen LogP contribution in [0.5, 0.6) is 0 Å². The van der Waals surface area contributed by atoms with Crippen LogP contribution in [0.3, 0.4) is 0 Å². The molecule has 1 N–H and O–H groups in total. The highest BCUT2D eigenvalue weighted by atomic mass is 35.5. The van der Waals surface area contributed by atoms with Gasteiger partial charge in [-0.15, -0.1) is 0 Å². The number of hydrogen-bond donors (Lipinski definition) is 1. The standard InChI is InChI=1S/C25H24ClNO3/c1-5-30-25(29)20-11-16(3)23(17(4)12-20)27-24(28)22-14-19(10-9-15(22)2)18-7-6-8-21(26)13-18/h6-14H,5H2,1-4H3,(H,27,28). The van der Waals surface area contributed by atoms with Crippen molar-refractivity contribution >= 4 is 29.2 Å². The highest BCUT2D eigenvalue weighted by Gasteiger charge is 2.16. The summed E-state index contributed by atoms with van der Waals surface area (Å²) in [6.07, 6.45) is 0. The van der Waals surface area contributed by atoms with E-state index in [-0.39, 0.29) is 11.9 Å². The highest BCUT2D eigenvalue weighted by Crippen LogP contribution is 2.27. The topological polar surface area (TPSA) is 55.4 Å². The van der Waals surface area contributed by atoms with Crippen LogP contribution in [0.4, 0.5) is 5.69 Å². The summed E-state index contributed by atoms with van der Waals surface area (Å²) < 4.78 is 5.07. The summed E-state index contributed by atoms with van der Waals surface area (Å²) in [6.45, 7) is 7.71. The van der Waals surface area contributed by atoms with E-state index in [0.29, 0.717) is 28.4 Å². The maximum absolute atomic E-state index is 13.1. The third kappa shape index (κ3) is 4.71. The maximum Gasteiger partial charge on any atom is 0.338 e. The summed E-state index contributed by atoms with van der Waals surface area (Å²) in [6, 6.07) is 16.8. The molecule has 3 rings (SSSR count). The Bertz CT molecular complexity index is 1100. The quantitative estimate of drug-likeness (QED) is 0.487. The van der Waals surface area contributed by atoms with E-state index in [1.807, 2.05) is 63.2 Å². The molecule has 0 saturated carbocycles. The third-order valence-corrected chi connectivity index (χ3v) is 5.16. The fraction of sp³-hybridized carbons (Fsp3) is 0.200. The van der Waals surface area contributed by atoms with Gasteiger partial charge in [-0.3, -0.25) is 4.79 Å². The van der Waals surface area contributed by atoms with Crippen molar-refractivity contribution in [2.75, 3.05) is 11.9 Å². The van der Waals surface area contributed by atoms with Crippen LogP contribution in [0, 0.1) is 20.8 Å². The number of carbonyl (C=O) groups excluding carboxylic acids is 2. The molecule has 0 atom stereocenters. The van der Waals surface area contributed by atoms with Crippen molar-refractivity contribution < 1.29 is 14.3 Å². The molecular formula is C25H24ClNO3. The van der Waals surface area contributed by atoms with Crippen LogP contribution >= 0.6 is 11.6 Å². The fourth-order valence-electron chi connectivity index (χ4n) is 3.39. The number of halogens is 1. The number of carbonyl (C=O) groups is 2. The van der Waals surface area contributed by atoms with Crippen LogP contribution < -0.4 is 5.32 Å². The minimum atomic E-state index is -0.369. The summed E-state index contributed by atoms with van der Waals surface area (Å²) in [4.78, 5) is 25.1. The lowest BCUT2D eigenvalue weighted by molar-refractivity contribution is 0.0526. The second-order valence-electron chi connectivity index (χ2n) is 7.20. The molecule has 3 aromatic carbocycles. The monoisotopic (exact) mass is 421 g/mol. The summed E-state index contributed by atoms with van der Waals surface area (Å²) in [7, 11) is 0. The van der Waals surface area contributed by atoms with Gasteiger partial charge in [0.25, 0.3) is 5.91 Å². The van der Waals surface area contributed by atoms with Gasteiger partial charge in [-0.1, -0.05) is 35.9 Å². The number of aryl methyl sites for hydroxylation is 3. The van der Waals surface area contributed by atoms with Crippen LogP contribution in [0.2, 0.25) is 5.02 Å². The first kappa shape index (κ1) is 21.6. The van der Waals surface area contributed by atoms with Gasteiger partial charge in [0.1, 0.15) is 0 Å². The van der Waals surface area contributed by atoms with Crippen LogP contribution in [-0.2, 0) is 4.74 Å². The van der Waals surface area contributed by atoms with Crippen LogP contribution in [0.15, 0.2) is 54.6 Å². The van der Waals surface area contributed by atoms with Gasteiger partial charge in [-0.2, -0.15) is 0 Å². The average Bonchev–Trinajstić information content (AvgIpc) is 2.71. The van der Waals surface area contributed by atoms with Crippen molar-refractivity contribution in [1.29, 1.82) is 0 Å². The molecule has 0 aromatic heterocycles. The molecular weight excluding hydrogens is 398 g/mol. The molecule has 154 valence electrons. The summed E-state index contributed by atoms with van der Waals surface area (Å²) >= 11 is 6.11. The van der Waals surface area contributed by atoms with Gasteiger partial charge in [0.2, 0.25) is 0 Å². The number of benzene rings is 3. The van der Waals surface area contributed by atoms with Gasteiger partial charge in [0, 0.05) is 16.3 Å².